The fraction of sp³-hybridized carbons (Fsp3) is 0.909. The van der Waals surface area contributed by atoms with Gasteiger partial charge < -0.3 is 10.6 Å². The summed E-state index contributed by atoms with van der Waals surface area (Å²) in [7, 11) is 0. The molecule has 0 spiro atoms. The second-order valence-electron chi connectivity index (χ2n) is 11.0. The van der Waals surface area contributed by atoms with Gasteiger partial charge in [-0.15, -0.1) is 11.1 Å². The summed E-state index contributed by atoms with van der Waals surface area (Å²) in [6.45, 7) is 29.5. The molecule has 0 amide bonds. The van der Waals surface area contributed by atoms with Crippen LogP contribution in [0.15, 0.2) is 9.98 Å². The Morgan fingerprint density at radius 1 is 0.536 bits per heavy atom. The minimum absolute atomic E-state index is 0. The molecule has 0 N–H and O–H groups in total. The van der Waals surface area contributed by atoms with Crippen molar-refractivity contribution in [2.75, 3.05) is 0 Å². The molecule has 156 valence electrons. The van der Waals surface area contributed by atoms with Crippen LogP contribution in [-0.2, 0) is 0 Å². The third kappa shape index (κ3) is 31.2. The van der Waals surface area contributed by atoms with Crippen LogP contribution in [0.5, 0.6) is 0 Å². The van der Waals surface area contributed by atoms with Gasteiger partial charge in [-0.2, -0.15) is 12.1 Å². The predicted octanol–water partition coefficient (Wildman–Crippen LogP) is 0.841. The minimum atomic E-state index is 0. The van der Waals surface area contributed by atoms with Gasteiger partial charge in [-0.05, 0) is 41.5 Å². The zero-order valence-corrected chi connectivity index (χ0v) is 22.1. The van der Waals surface area contributed by atoms with Gasteiger partial charge in [0.2, 0.25) is 0 Å². The number of hydrogen-bond acceptors (Lipinski definition) is 2. The van der Waals surface area contributed by atoms with Gasteiger partial charge in [0.05, 0.1) is 11.1 Å². The summed E-state index contributed by atoms with van der Waals surface area (Å²) < 4.78 is 0. The molecule has 0 aliphatic carbocycles. The summed E-state index contributed by atoms with van der Waals surface area (Å²) in [6.07, 6.45) is 3.54. The van der Waals surface area contributed by atoms with E-state index >= 15 is 0 Å². The van der Waals surface area contributed by atoms with Gasteiger partial charge in [0.1, 0.15) is 0 Å². The third-order valence-electron chi connectivity index (χ3n) is 2.87. The first-order valence-electron chi connectivity index (χ1n) is 9.75. The molecule has 0 aromatic rings. The summed E-state index contributed by atoms with van der Waals surface area (Å²) in [6, 6.07) is 0.600. The Balaban J connectivity index is -0.000000194. The Labute approximate surface area is 201 Å². The maximum Gasteiger partial charge on any atom is 1.00 e. The van der Waals surface area contributed by atoms with Crippen LogP contribution in [-0.4, -0.2) is 46.7 Å². The zero-order chi connectivity index (χ0) is 21.4. The van der Waals surface area contributed by atoms with E-state index in [0.717, 1.165) is 0 Å². The molecule has 6 heteroatoms. The average Bonchev–Trinajstić information content (AvgIpc) is 2.29. The second kappa shape index (κ2) is 14.5. The molecule has 0 unspecified atom stereocenters. The van der Waals surface area contributed by atoms with Gasteiger partial charge >= 0.3 is 37.7 Å². The van der Waals surface area contributed by atoms with Crippen molar-refractivity contribution in [3.05, 3.63) is 10.6 Å². The van der Waals surface area contributed by atoms with Crippen LogP contribution in [0.3, 0.4) is 0 Å². The van der Waals surface area contributed by atoms with E-state index in [2.05, 4.69) is 107 Å². The Bertz CT molecular complexity index is 391. The average molecular weight is 381 g/mol. The van der Waals surface area contributed by atoms with Crippen molar-refractivity contribution in [3.63, 3.8) is 0 Å². The SMILES string of the molecule is CC(C)(C)N=CC=NC(C)(C)C.C[C@H]([N-]C(C)(C)C)[C@H](C)[N-]C(C)(C)C.[Li+].[Li+]. The molecule has 28 heavy (non-hydrogen) atoms. The summed E-state index contributed by atoms with van der Waals surface area (Å²) in [4.78, 5) is 8.57. The minimum Gasteiger partial charge on any atom is -0.656 e. The monoisotopic (exact) mass is 380 g/mol. The summed E-state index contributed by atoms with van der Waals surface area (Å²) in [5.41, 5.74) is 0.0932. The fourth-order valence-electron chi connectivity index (χ4n) is 1.95. The van der Waals surface area contributed by atoms with Gasteiger partial charge in [0.25, 0.3) is 0 Å². The summed E-state index contributed by atoms with van der Waals surface area (Å²) in [5.74, 6) is 0. The van der Waals surface area contributed by atoms with Crippen molar-refractivity contribution in [2.24, 2.45) is 9.98 Å². The molecule has 4 nitrogen and oxygen atoms in total. The first-order valence-corrected chi connectivity index (χ1v) is 9.75. The summed E-state index contributed by atoms with van der Waals surface area (Å²) in [5, 5.41) is 9.40. The third-order valence-corrected chi connectivity index (χ3v) is 2.87. The molecule has 0 fully saturated rings. The number of rotatable bonds is 4. The van der Waals surface area contributed by atoms with Gasteiger partial charge in [-0.1, -0.05) is 55.4 Å². The molecule has 0 radical (unpaired) electrons. The van der Waals surface area contributed by atoms with Crippen molar-refractivity contribution in [2.45, 2.75) is 131 Å². The van der Waals surface area contributed by atoms with Crippen LogP contribution in [0.1, 0.15) is 96.9 Å². The molecule has 0 aliphatic rings. The molecule has 0 heterocycles. The maximum atomic E-state index is 4.70. The Hall–Kier alpha value is 0.455. The Kier molecular flexibility index (Phi) is 18.5. The largest absolute Gasteiger partial charge is 1.00 e. The van der Waals surface area contributed by atoms with Crippen LogP contribution < -0.4 is 37.7 Å². The van der Waals surface area contributed by atoms with Crippen molar-refractivity contribution in [3.8, 4) is 0 Å². The molecule has 0 bridgehead atoms. The van der Waals surface area contributed by atoms with E-state index in [4.69, 9.17) is 10.6 Å². The van der Waals surface area contributed by atoms with E-state index in [1.807, 2.05) is 0 Å². The predicted molar refractivity (Wildman–Crippen MR) is 122 cm³/mol. The van der Waals surface area contributed by atoms with Crippen molar-refractivity contribution < 1.29 is 37.7 Å². The van der Waals surface area contributed by atoms with E-state index in [0.29, 0.717) is 12.1 Å². The van der Waals surface area contributed by atoms with Crippen LogP contribution in [0.4, 0.5) is 0 Å². The Morgan fingerprint density at radius 3 is 0.893 bits per heavy atom. The first-order chi connectivity index (χ1) is 11.2. The molecule has 0 aliphatic heterocycles. The van der Waals surface area contributed by atoms with Crippen molar-refractivity contribution in [1.29, 1.82) is 0 Å². The fourth-order valence-corrected chi connectivity index (χ4v) is 1.95. The smallest absolute Gasteiger partial charge is 0.656 e. The van der Waals surface area contributed by atoms with Gasteiger partial charge in [0.15, 0.2) is 0 Å². The Morgan fingerprint density at radius 2 is 0.750 bits per heavy atom. The molecule has 0 aromatic carbocycles. The van der Waals surface area contributed by atoms with E-state index in [1.165, 1.54) is 0 Å². The number of nitrogens with zero attached hydrogens (tertiary/aromatic N) is 4. The summed E-state index contributed by atoms with van der Waals surface area (Å²) >= 11 is 0. The molecule has 0 saturated carbocycles. The molecule has 0 aromatic heterocycles. The van der Waals surface area contributed by atoms with Gasteiger partial charge in [-0.25, -0.2) is 0 Å². The molecular formula is C22H46Li2N4. The van der Waals surface area contributed by atoms with Crippen LogP contribution in [0.25, 0.3) is 10.6 Å². The van der Waals surface area contributed by atoms with E-state index < -0.39 is 0 Å². The van der Waals surface area contributed by atoms with Crippen LogP contribution in [0, 0.1) is 0 Å². The number of aliphatic imine (C=N–C) groups is 2. The zero-order valence-electron chi connectivity index (χ0n) is 22.1. The molecule has 0 saturated heterocycles. The quantitative estimate of drug-likeness (QED) is 0.513. The maximum absolute atomic E-state index is 4.70. The van der Waals surface area contributed by atoms with Gasteiger partial charge in [-0.3, -0.25) is 9.98 Å². The number of hydrogen-bond donors (Lipinski definition) is 0. The van der Waals surface area contributed by atoms with Crippen molar-refractivity contribution in [1.82, 2.24) is 0 Å². The topological polar surface area (TPSA) is 52.9 Å². The molecular weight excluding hydrogens is 334 g/mol. The van der Waals surface area contributed by atoms with Crippen molar-refractivity contribution >= 4 is 12.4 Å². The van der Waals surface area contributed by atoms with Crippen LogP contribution >= 0.6 is 0 Å². The van der Waals surface area contributed by atoms with E-state index in [9.17, 15) is 0 Å². The molecule has 0 rings (SSSR count). The van der Waals surface area contributed by atoms with E-state index in [1.54, 1.807) is 12.4 Å². The second-order valence-corrected chi connectivity index (χ2v) is 11.0. The normalized spacial score (nSPS) is 15.4. The van der Waals surface area contributed by atoms with Gasteiger partial charge in [0, 0.05) is 12.4 Å². The standard InChI is InChI=1S/C12H26N2.C10H20N2.2Li/c1-9(13-11(3,4)5)10(2)14-12(6,7)8;1-9(2,3)11-7-8-12-10(4,5)6;;/h9-10H,1-8H3;7-8H,1-6H3;;/q-2;;2*+1/t9-,10-;;;/m0.../s1. The van der Waals surface area contributed by atoms with E-state index in [-0.39, 0.29) is 59.9 Å². The molecule has 2 atom stereocenters. The van der Waals surface area contributed by atoms with Crippen LogP contribution in [0.2, 0.25) is 0 Å². The first kappa shape index (κ1) is 35.9.